The molecule has 1 amide bonds. The summed E-state index contributed by atoms with van der Waals surface area (Å²) in [5.74, 6) is -0.121. The Bertz CT molecular complexity index is 673. The fraction of sp³-hybridized carbons (Fsp3) is 0.235. The van der Waals surface area contributed by atoms with Crippen LogP contribution in [0.4, 0.5) is 5.69 Å². The first kappa shape index (κ1) is 16.8. The molecule has 0 aliphatic carbocycles. The van der Waals surface area contributed by atoms with Crippen molar-refractivity contribution in [1.82, 2.24) is 5.32 Å². The highest BCUT2D eigenvalue weighted by Gasteiger charge is 2.11. The topological polar surface area (TPSA) is 41.1 Å². The number of aryl methyl sites for hydroxylation is 1. The third-order valence-electron chi connectivity index (χ3n) is 3.41. The molecule has 2 aromatic rings. The van der Waals surface area contributed by atoms with Gasteiger partial charge in [0.25, 0.3) is 0 Å². The first-order valence-electron chi connectivity index (χ1n) is 7.01. The summed E-state index contributed by atoms with van der Waals surface area (Å²) in [6.07, 6.45) is 0. The highest BCUT2D eigenvalue weighted by Crippen LogP contribution is 2.22. The lowest BCUT2D eigenvalue weighted by molar-refractivity contribution is -0.115. The Kier molecular flexibility index (Phi) is 5.83. The second kappa shape index (κ2) is 7.63. The van der Waals surface area contributed by atoms with Crippen molar-refractivity contribution in [2.45, 2.75) is 19.9 Å². The van der Waals surface area contributed by atoms with E-state index in [1.165, 1.54) is 0 Å². The smallest absolute Gasteiger partial charge is 0.238 e. The van der Waals surface area contributed by atoms with Crippen LogP contribution in [0.25, 0.3) is 0 Å². The maximum Gasteiger partial charge on any atom is 0.238 e. The van der Waals surface area contributed by atoms with Crippen LogP contribution in [0.3, 0.4) is 0 Å². The molecule has 2 N–H and O–H groups in total. The number of hydrogen-bond acceptors (Lipinski definition) is 2. The van der Waals surface area contributed by atoms with Gasteiger partial charge in [-0.3, -0.25) is 4.79 Å². The van der Waals surface area contributed by atoms with E-state index in [9.17, 15) is 4.79 Å². The molecule has 116 valence electrons. The summed E-state index contributed by atoms with van der Waals surface area (Å²) in [7, 11) is 0. The van der Waals surface area contributed by atoms with E-state index in [1.54, 1.807) is 12.1 Å². The maximum atomic E-state index is 12.0. The Labute approximate surface area is 140 Å². The second-order valence-corrected chi connectivity index (χ2v) is 5.98. The number of benzene rings is 2. The molecule has 0 spiro atoms. The largest absolute Gasteiger partial charge is 0.325 e. The number of carbonyl (C=O) groups is 1. The lowest BCUT2D eigenvalue weighted by atomic mass is 10.1. The Hall–Kier alpha value is -1.55. The number of rotatable bonds is 5. The Morgan fingerprint density at radius 2 is 1.91 bits per heavy atom. The number of carbonyl (C=O) groups excluding carboxylic acids is 1. The molecule has 2 rings (SSSR count). The van der Waals surface area contributed by atoms with Crippen LogP contribution in [0, 0.1) is 6.92 Å². The monoisotopic (exact) mass is 336 g/mol. The molecular formula is C17H18Cl2N2O. The minimum atomic E-state index is -0.121. The van der Waals surface area contributed by atoms with Crippen molar-refractivity contribution in [3.63, 3.8) is 0 Å². The zero-order valence-electron chi connectivity index (χ0n) is 12.5. The summed E-state index contributed by atoms with van der Waals surface area (Å²) in [6.45, 7) is 4.09. The van der Waals surface area contributed by atoms with E-state index in [2.05, 4.69) is 10.6 Å². The number of hydrogen-bond donors (Lipinski definition) is 2. The highest BCUT2D eigenvalue weighted by atomic mass is 35.5. The molecule has 0 bridgehead atoms. The third-order valence-corrected chi connectivity index (χ3v) is 3.99. The fourth-order valence-electron chi connectivity index (χ4n) is 2.11. The van der Waals surface area contributed by atoms with E-state index in [0.29, 0.717) is 10.0 Å². The second-order valence-electron chi connectivity index (χ2n) is 5.13. The van der Waals surface area contributed by atoms with Crippen molar-refractivity contribution >= 4 is 34.8 Å². The Balaban J connectivity index is 1.93. The molecule has 1 atom stereocenters. The lowest BCUT2D eigenvalue weighted by Gasteiger charge is -2.16. The van der Waals surface area contributed by atoms with Gasteiger partial charge >= 0.3 is 0 Å². The minimum Gasteiger partial charge on any atom is -0.325 e. The number of nitrogens with one attached hydrogen (secondary N) is 2. The summed E-state index contributed by atoms with van der Waals surface area (Å²) in [5.41, 5.74) is 2.66. The van der Waals surface area contributed by atoms with E-state index in [0.717, 1.165) is 16.8 Å². The van der Waals surface area contributed by atoms with E-state index in [-0.39, 0.29) is 18.5 Å². The van der Waals surface area contributed by atoms with Crippen molar-refractivity contribution in [2.75, 3.05) is 11.9 Å². The zero-order chi connectivity index (χ0) is 16.1. The molecule has 0 aromatic heterocycles. The lowest BCUT2D eigenvalue weighted by Crippen LogP contribution is -2.30. The molecule has 2 aromatic carbocycles. The maximum absolute atomic E-state index is 12.0. The van der Waals surface area contributed by atoms with Crippen molar-refractivity contribution in [3.05, 3.63) is 63.6 Å². The van der Waals surface area contributed by atoms with Crippen molar-refractivity contribution in [1.29, 1.82) is 0 Å². The van der Waals surface area contributed by atoms with Crippen LogP contribution in [0.2, 0.25) is 10.0 Å². The van der Waals surface area contributed by atoms with E-state index < -0.39 is 0 Å². The van der Waals surface area contributed by atoms with Gasteiger partial charge in [-0.2, -0.15) is 0 Å². The number of amides is 1. The molecule has 0 heterocycles. The third kappa shape index (κ3) is 4.47. The molecule has 0 aliphatic rings. The molecule has 0 aliphatic heterocycles. The van der Waals surface area contributed by atoms with Crippen LogP contribution in [0.15, 0.2) is 42.5 Å². The van der Waals surface area contributed by atoms with Crippen LogP contribution < -0.4 is 10.6 Å². The molecular weight excluding hydrogens is 319 g/mol. The molecule has 0 fully saturated rings. The highest BCUT2D eigenvalue weighted by molar-refractivity contribution is 6.31. The van der Waals surface area contributed by atoms with Gasteiger partial charge in [0.2, 0.25) is 5.91 Å². The predicted octanol–water partition coefficient (Wildman–Crippen LogP) is 4.59. The first-order valence-corrected chi connectivity index (χ1v) is 7.77. The summed E-state index contributed by atoms with van der Waals surface area (Å²) in [4.78, 5) is 12.0. The van der Waals surface area contributed by atoms with Crippen LogP contribution in [0.5, 0.6) is 0 Å². The van der Waals surface area contributed by atoms with Gasteiger partial charge in [-0.1, -0.05) is 47.5 Å². The molecule has 0 saturated heterocycles. The molecule has 5 heteroatoms. The first-order chi connectivity index (χ1) is 10.5. The van der Waals surface area contributed by atoms with E-state index in [4.69, 9.17) is 23.2 Å². The molecule has 0 unspecified atom stereocenters. The molecule has 3 nitrogen and oxygen atoms in total. The summed E-state index contributed by atoms with van der Waals surface area (Å²) in [6, 6.07) is 13.0. The summed E-state index contributed by atoms with van der Waals surface area (Å²) < 4.78 is 0. The molecule has 0 saturated carbocycles. The average Bonchev–Trinajstić information content (AvgIpc) is 2.49. The minimum absolute atomic E-state index is 0.0140. The number of anilines is 1. The van der Waals surface area contributed by atoms with Gasteiger partial charge in [0.05, 0.1) is 6.54 Å². The zero-order valence-corrected chi connectivity index (χ0v) is 14.0. The van der Waals surface area contributed by atoms with Crippen molar-refractivity contribution < 1.29 is 4.79 Å². The summed E-state index contributed by atoms with van der Waals surface area (Å²) in [5, 5.41) is 7.30. The van der Waals surface area contributed by atoms with Crippen LogP contribution in [0.1, 0.15) is 24.1 Å². The van der Waals surface area contributed by atoms with Gasteiger partial charge in [-0.25, -0.2) is 0 Å². The quantitative estimate of drug-likeness (QED) is 0.838. The van der Waals surface area contributed by atoms with E-state index in [1.807, 2.05) is 44.2 Å². The predicted molar refractivity (Wildman–Crippen MR) is 92.7 cm³/mol. The van der Waals surface area contributed by atoms with Crippen LogP contribution >= 0.6 is 23.2 Å². The van der Waals surface area contributed by atoms with Gasteiger partial charge in [0.15, 0.2) is 0 Å². The van der Waals surface area contributed by atoms with Gasteiger partial charge in [-0.05, 0) is 43.2 Å². The SMILES string of the molecule is Cc1ccc(Cl)cc1NC(=O)CN[C@@H](C)c1ccccc1Cl. The van der Waals surface area contributed by atoms with E-state index >= 15 is 0 Å². The van der Waals surface area contributed by atoms with Crippen molar-refractivity contribution in [2.24, 2.45) is 0 Å². The molecule has 0 radical (unpaired) electrons. The Morgan fingerprint density at radius 3 is 2.64 bits per heavy atom. The van der Waals surface area contributed by atoms with Gasteiger partial charge in [0, 0.05) is 21.8 Å². The Morgan fingerprint density at radius 1 is 1.18 bits per heavy atom. The average molecular weight is 337 g/mol. The summed E-state index contributed by atoms with van der Waals surface area (Å²) >= 11 is 12.1. The standard InChI is InChI=1S/C17H18Cl2N2O/c1-11-7-8-13(18)9-16(11)21-17(22)10-20-12(2)14-5-3-4-6-15(14)19/h3-9,12,20H,10H2,1-2H3,(H,21,22)/t12-/m0/s1. The molecule has 22 heavy (non-hydrogen) atoms. The van der Waals surface area contributed by atoms with Crippen LogP contribution in [-0.4, -0.2) is 12.5 Å². The van der Waals surface area contributed by atoms with Gasteiger partial charge in [0.1, 0.15) is 0 Å². The van der Waals surface area contributed by atoms with Gasteiger partial charge in [-0.15, -0.1) is 0 Å². The fourth-order valence-corrected chi connectivity index (χ4v) is 2.58. The van der Waals surface area contributed by atoms with Gasteiger partial charge < -0.3 is 10.6 Å². The normalized spacial score (nSPS) is 12.0. The number of halogens is 2. The van der Waals surface area contributed by atoms with Crippen LogP contribution in [-0.2, 0) is 4.79 Å². The van der Waals surface area contributed by atoms with Crippen molar-refractivity contribution in [3.8, 4) is 0 Å².